The summed E-state index contributed by atoms with van der Waals surface area (Å²) in [6.45, 7) is 8.50. The van der Waals surface area contributed by atoms with Crippen LogP contribution in [-0.4, -0.2) is 24.3 Å². The van der Waals surface area contributed by atoms with Crippen molar-refractivity contribution >= 4 is 17.4 Å². The Morgan fingerprint density at radius 2 is 2.18 bits per heavy atom. The monoisotopic (exact) mass is 324 g/mol. The van der Waals surface area contributed by atoms with Crippen LogP contribution < -0.4 is 10.6 Å². The first kappa shape index (κ1) is 17.3. The van der Waals surface area contributed by atoms with Gasteiger partial charge in [-0.15, -0.1) is 11.3 Å². The number of alkyl carbamates (subject to hydrolysis) is 1. The minimum atomic E-state index is -0.455. The molecule has 0 spiro atoms. The first-order valence-electron chi connectivity index (χ1n) is 8.15. The molecule has 1 amide bonds. The molecular formula is C17H28N2O2S. The molecule has 2 unspecified atom stereocenters. The highest BCUT2D eigenvalue weighted by molar-refractivity contribution is 7.10. The molecule has 4 nitrogen and oxygen atoms in total. The highest BCUT2D eigenvalue weighted by Crippen LogP contribution is 2.42. The quantitative estimate of drug-likeness (QED) is 0.794. The Kier molecular flexibility index (Phi) is 5.87. The summed E-state index contributed by atoms with van der Waals surface area (Å²) in [6, 6.07) is 4.82. The molecule has 1 aliphatic carbocycles. The maximum atomic E-state index is 11.9. The van der Waals surface area contributed by atoms with Crippen LogP contribution in [0, 0.1) is 5.92 Å². The van der Waals surface area contributed by atoms with E-state index in [-0.39, 0.29) is 12.1 Å². The lowest BCUT2D eigenvalue weighted by Crippen LogP contribution is -2.44. The van der Waals surface area contributed by atoms with Crippen molar-refractivity contribution in [3.63, 3.8) is 0 Å². The zero-order valence-electron chi connectivity index (χ0n) is 14.0. The molecule has 2 atom stereocenters. The lowest BCUT2D eigenvalue weighted by Gasteiger charge is -2.25. The summed E-state index contributed by atoms with van der Waals surface area (Å²) in [5.74, 6) is 0.748. The van der Waals surface area contributed by atoms with Crippen LogP contribution in [0.2, 0.25) is 0 Å². The molecule has 1 saturated carbocycles. The highest BCUT2D eigenvalue weighted by atomic mass is 32.1. The van der Waals surface area contributed by atoms with Crippen LogP contribution in [0.5, 0.6) is 0 Å². The van der Waals surface area contributed by atoms with Gasteiger partial charge in [-0.05, 0) is 57.4 Å². The lowest BCUT2D eigenvalue weighted by atomic mass is 10.1. The number of carbonyl (C=O) groups excluding carboxylic acids is 1. The maximum absolute atomic E-state index is 11.9. The molecule has 5 heteroatoms. The lowest BCUT2D eigenvalue weighted by molar-refractivity contribution is 0.0501. The number of amides is 1. The van der Waals surface area contributed by atoms with E-state index in [1.54, 1.807) is 11.3 Å². The van der Waals surface area contributed by atoms with Crippen LogP contribution >= 0.6 is 11.3 Å². The topological polar surface area (TPSA) is 50.4 Å². The van der Waals surface area contributed by atoms with Crippen LogP contribution in [0.3, 0.4) is 0 Å². The standard InChI is InChI=1S/C17H28N2O2S/c1-5-13(19-16(20)21-17(2,3)4)11-18-15(12-8-9-12)14-7-6-10-22-14/h6-7,10,12-13,15,18H,5,8-9,11H2,1-4H3,(H,19,20). The molecule has 1 aromatic rings. The number of rotatable bonds is 7. The Morgan fingerprint density at radius 1 is 1.45 bits per heavy atom. The van der Waals surface area contributed by atoms with E-state index >= 15 is 0 Å². The summed E-state index contributed by atoms with van der Waals surface area (Å²) < 4.78 is 5.33. The molecule has 1 aromatic heterocycles. The van der Waals surface area contributed by atoms with Gasteiger partial charge in [0.15, 0.2) is 0 Å². The Morgan fingerprint density at radius 3 is 2.68 bits per heavy atom. The number of ether oxygens (including phenoxy) is 1. The van der Waals surface area contributed by atoms with Crippen molar-refractivity contribution in [1.82, 2.24) is 10.6 Å². The van der Waals surface area contributed by atoms with E-state index in [0.717, 1.165) is 18.9 Å². The molecule has 0 bridgehead atoms. The summed E-state index contributed by atoms with van der Waals surface area (Å²) in [5.41, 5.74) is -0.455. The van der Waals surface area contributed by atoms with E-state index in [1.165, 1.54) is 17.7 Å². The highest BCUT2D eigenvalue weighted by Gasteiger charge is 2.33. The Labute approximate surface area is 137 Å². The molecule has 22 heavy (non-hydrogen) atoms. The summed E-state index contributed by atoms with van der Waals surface area (Å²) in [7, 11) is 0. The largest absolute Gasteiger partial charge is 0.444 e. The summed E-state index contributed by atoms with van der Waals surface area (Å²) in [5, 5.41) is 8.73. The van der Waals surface area contributed by atoms with Gasteiger partial charge in [-0.3, -0.25) is 0 Å². The van der Waals surface area contributed by atoms with E-state index in [4.69, 9.17) is 4.74 Å². The van der Waals surface area contributed by atoms with E-state index < -0.39 is 5.60 Å². The number of hydrogen-bond acceptors (Lipinski definition) is 4. The summed E-state index contributed by atoms with van der Waals surface area (Å²) in [4.78, 5) is 13.3. The van der Waals surface area contributed by atoms with Crippen molar-refractivity contribution < 1.29 is 9.53 Å². The Bertz CT molecular complexity index is 464. The predicted octanol–water partition coefficient (Wildman–Crippen LogP) is 4.09. The molecule has 2 rings (SSSR count). The van der Waals surface area contributed by atoms with E-state index in [2.05, 4.69) is 35.1 Å². The van der Waals surface area contributed by atoms with Crippen molar-refractivity contribution in [2.45, 2.75) is 64.6 Å². The average molecular weight is 324 g/mol. The third-order valence-electron chi connectivity index (χ3n) is 3.74. The second kappa shape index (κ2) is 7.47. The second-order valence-corrected chi connectivity index (χ2v) is 7.97. The summed E-state index contributed by atoms with van der Waals surface area (Å²) in [6.07, 6.45) is 3.14. The fourth-order valence-corrected chi connectivity index (χ4v) is 3.33. The zero-order valence-corrected chi connectivity index (χ0v) is 14.8. The van der Waals surface area contributed by atoms with Gasteiger partial charge < -0.3 is 15.4 Å². The van der Waals surface area contributed by atoms with E-state index in [1.807, 2.05) is 20.8 Å². The van der Waals surface area contributed by atoms with Crippen molar-refractivity contribution in [3.05, 3.63) is 22.4 Å². The number of hydrogen-bond donors (Lipinski definition) is 2. The number of carbonyl (C=O) groups is 1. The van der Waals surface area contributed by atoms with Crippen LogP contribution in [0.4, 0.5) is 4.79 Å². The van der Waals surface area contributed by atoms with Gasteiger partial charge in [0.2, 0.25) is 0 Å². The minimum Gasteiger partial charge on any atom is -0.444 e. The molecule has 1 aliphatic rings. The van der Waals surface area contributed by atoms with Gasteiger partial charge in [0.25, 0.3) is 0 Å². The van der Waals surface area contributed by atoms with Gasteiger partial charge >= 0.3 is 6.09 Å². The Hall–Kier alpha value is -1.07. The minimum absolute atomic E-state index is 0.0936. The van der Waals surface area contributed by atoms with Crippen molar-refractivity contribution in [2.75, 3.05) is 6.54 Å². The normalized spacial score (nSPS) is 17.8. The molecule has 0 radical (unpaired) electrons. The van der Waals surface area contributed by atoms with Crippen LogP contribution in [0.1, 0.15) is 57.9 Å². The van der Waals surface area contributed by atoms with Gasteiger partial charge in [0.05, 0.1) is 0 Å². The van der Waals surface area contributed by atoms with Gasteiger partial charge in [-0.25, -0.2) is 4.79 Å². The third kappa shape index (κ3) is 5.61. The number of nitrogens with one attached hydrogen (secondary N) is 2. The van der Waals surface area contributed by atoms with Crippen LogP contribution in [-0.2, 0) is 4.74 Å². The molecule has 1 fully saturated rings. The third-order valence-corrected chi connectivity index (χ3v) is 4.70. The SMILES string of the molecule is CCC(CNC(c1cccs1)C1CC1)NC(=O)OC(C)(C)C. The maximum Gasteiger partial charge on any atom is 0.407 e. The molecule has 124 valence electrons. The fourth-order valence-electron chi connectivity index (χ4n) is 2.44. The van der Waals surface area contributed by atoms with Crippen LogP contribution in [0.25, 0.3) is 0 Å². The molecular weight excluding hydrogens is 296 g/mol. The number of thiophene rings is 1. The van der Waals surface area contributed by atoms with Gasteiger partial charge in [-0.2, -0.15) is 0 Å². The van der Waals surface area contributed by atoms with Crippen LogP contribution in [0.15, 0.2) is 17.5 Å². The van der Waals surface area contributed by atoms with Gasteiger partial charge in [0, 0.05) is 23.5 Å². The Balaban J connectivity index is 1.83. The second-order valence-electron chi connectivity index (χ2n) is 6.99. The summed E-state index contributed by atoms with van der Waals surface area (Å²) >= 11 is 1.81. The fraction of sp³-hybridized carbons (Fsp3) is 0.706. The van der Waals surface area contributed by atoms with E-state index in [9.17, 15) is 4.79 Å². The molecule has 0 saturated heterocycles. The molecule has 2 N–H and O–H groups in total. The molecule has 0 aromatic carbocycles. The molecule has 1 heterocycles. The average Bonchev–Trinajstić information content (AvgIpc) is 3.10. The molecule has 0 aliphatic heterocycles. The smallest absolute Gasteiger partial charge is 0.407 e. The first-order valence-corrected chi connectivity index (χ1v) is 9.03. The first-order chi connectivity index (χ1) is 10.4. The van der Waals surface area contributed by atoms with Gasteiger partial charge in [0.1, 0.15) is 5.60 Å². The van der Waals surface area contributed by atoms with Crippen molar-refractivity contribution in [3.8, 4) is 0 Å². The zero-order chi connectivity index (χ0) is 16.2. The predicted molar refractivity (Wildman–Crippen MR) is 91.2 cm³/mol. The van der Waals surface area contributed by atoms with Crippen molar-refractivity contribution in [2.24, 2.45) is 5.92 Å². The van der Waals surface area contributed by atoms with Gasteiger partial charge in [-0.1, -0.05) is 13.0 Å². The van der Waals surface area contributed by atoms with Crippen molar-refractivity contribution in [1.29, 1.82) is 0 Å². The van der Waals surface area contributed by atoms with E-state index in [0.29, 0.717) is 6.04 Å².